The van der Waals surface area contributed by atoms with Crippen LogP contribution in [0.3, 0.4) is 0 Å². The van der Waals surface area contributed by atoms with Crippen molar-refractivity contribution in [3.8, 4) is 0 Å². The minimum atomic E-state index is -1.74. The monoisotopic (exact) mass is 381 g/mol. The van der Waals surface area contributed by atoms with Crippen LogP contribution >= 0.6 is 23.2 Å². The van der Waals surface area contributed by atoms with Crippen LogP contribution in [0, 0.1) is 0 Å². The summed E-state index contributed by atoms with van der Waals surface area (Å²) in [7, 11) is 1.35. The van der Waals surface area contributed by atoms with E-state index in [1.807, 2.05) is 18.2 Å². The predicted octanol–water partition coefficient (Wildman–Crippen LogP) is 4.56. The minimum absolute atomic E-state index is 0.0307. The number of carbonyl (C=O) groups is 2. The van der Waals surface area contributed by atoms with E-state index in [1.165, 1.54) is 20.0 Å². The molecule has 0 aliphatic rings. The Morgan fingerprint density at radius 1 is 1.12 bits per heavy atom. The van der Waals surface area contributed by atoms with Gasteiger partial charge < -0.3 is 9.84 Å². The Morgan fingerprint density at radius 2 is 1.76 bits per heavy atom. The number of benzene rings is 2. The number of carbonyl (C=O) groups excluding carboxylic acids is 1. The third-order valence-corrected chi connectivity index (χ3v) is 4.86. The lowest BCUT2D eigenvalue weighted by molar-refractivity contribution is -0.149. The molecule has 1 amide bonds. The number of amides is 1. The summed E-state index contributed by atoms with van der Waals surface area (Å²) in [5.74, 6) is -1.25. The summed E-state index contributed by atoms with van der Waals surface area (Å²) in [5.41, 5.74) is -0.745. The van der Waals surface area contributed by atoms with Crippen molar-refractivity contribution in [2.45, 2.75) is 19.1 Å². The van der Waals surface area contributed by atoms with Crippen LogP contribution < -0.4 is 0 Å². The molecule has 2 aromatic rings. The Bertz CT molecular complexity index is 782. The first-order valence-corrected chi connectivity index (χ1v) is 8.16. The largest absolute Gasteiger partial charge is 0.479 e. The highest BCUT2D eigenvalue weighted by Gasteiger charge is 2.44. The van der Waals surface area contributed by atoms with E-state index < -0.39 is 17.6 Å². The van der Waals surface area contributed by atoms with E-state index in [0.29, 0.717) is 0 Å². The summed E-state index contributed by atoms with van der Waals surface area (Å²) in [5, 5.41) is 10.0. The van der Waals surface area contributed by atoms with E-state index in [0.717, 1.165) is 10.5 Å². The van der Waals surface area contributed by atoms with Gasteiger partial charge in [-0.25, -0.2) is 9.59 Å². The molecule has 25 heavy (non-hydrogen) atoms. The molecule has 5 nitrogen and oxygen atoms in total. The van der Waals surface area contributed by atoms with Crippen molar-refractivity contribution in [3.63, 3.8) is 0 Å². The van der Waals surface area contributed by atoms with Gasteiger partial charge in [-0.1, -0.05) is 65.7 Å². The van der Waals surface area contributed by atoms with Crippen molar-refractivity contribution in [3.05, 3.63) is 69.7 Å². The Labute approximate surface area is 155 Å². The molecule has 132 valence electrons. The maximum Gasteiger partial charge on any atom is 0.411 e. The molecule has 0 radical (unpaired) electrons. The van der Waals surface area contributed by atoms with E-state index in [-0.39, 0.29) is 22.2 Å². The van der Waals surface area contributed by atoms with Gasteiger partial charge >= 0.3 is 12.1 Å². The second-order valence-corrected chi connectivity index (χ2v) is 6.36. The van der Waals surface area contributed by atoms with Gasteiger partial charge in [0.2, 0.25) is 0 Å². The third kappa shape index (κ3) is 3.89. The van der Waals surface area contributed by atoms with E-state index in [1.54, 1.807) is 24.3 Å². The van der Waals surface area contributed by atoms with Gasteiger partial charge in [-0.2, -0.15) is 0 Å². The summed E-state index contributed by atoms with van der Waals surface area (Å²) in [4.78, 5) is 25.4. The predicted molar refractivity (Wildman–Crippen MR) is 95.8 cm³/mol. The van der Waals surface area contributed by atoms with Crippen molar-refractivity contribution in [1.29, 1.82) is 0 Å². The van der Waals surface area contributed by atoms with Crippen LogP contribution in [0.2, 0.25) is 10.0 Å². The second-order valence-electron chi connectivity index (χ2n) is 5.58. The lowest BCUT2D eigenvalue weighted by Crippen LogP contribution is -2.51. The summed E-state index contributed by atoms with van der Waals surface area (Å²) >= 11 is 12.2. The number of ether oxygens (including phenoxy) is 1. The highest BCUT2D eigenvalue weighted by Crippen LogP contribution is 2.37. The molecular weight excluding hydrogens is 365 g/mol. The number of nitrogens with zero attached hydrogens (tertiary/aromatic N) is 1. The van der Waals surface area contributed by atoms with E-state index in [2.05, 4.69) is 0 Å². The molecule has 0 aliphatic carbocycles. The Kier molecular flexibility index (Phi) is 5.93. The average Bonchev–Trinajstić information content (AvgIpc) is 2.61. The fraction of sp³-hybridized carbons (Fsp3) is 0.222. The molecule has 0 saturated heterocycles. The van der Waals surface area contributed by atoms with E-state index in [9.17, 15) is 14.7 Å². The summed E-state index contributed by atoms with van der Waals surface area (Å²) in [6.07, 6.45) is -0.787. The van der Waals surface area contributed by atoms with Gasteiger partial charge in [0.15, 0.2) is 5.54 Å². The van der Waals surface area contributed by atoms with Crippen LogP contribution in [-0.4, -0.2) is 29.1 Å². The van der Waals surface area contributed by atoms with Crippen LogP contribution in [0.5, 0.6) is 0 Å². The molecule has 1 unspecified atom stereocenters. The number of hydrogen-bond acceptors (Lipinski definition) is 3. The molecule has 0 heterocycles. The molecule has 0 fully saturated rings. The Hall–Kier alpha value is -2.24. The zero-order valence-corrected chi connectivity index (χ0v) is 15.2. The lowest BCUT2D eigenvalue weighted by atomic mass is 9.90. The fourth-order valence-corrected chi connectivity index (χ4v) is 2.80. The van der Waals surface area contributed by atoms with Crippen LogP contribution in [0.15, 0.2) is 48.5 Å². The molecule has 0 aliphatic heterocycles. The zero-order chi connectivity index (χ0) is 18.6. The van der Waals surface area contributed by atoms with Crippen LogP contribution in [0.25, 0.3) is 0 Å². The lowest BCUT2D eigenvalue weighted by Gasteiger charge is -2.35. The normalized spacial score (nSPS) is 13.0. The zero-order valence-electron chi connectivity index (χ0n) is 13.7. The standard InChI is InChI=1S/C18H17Cl2NO4/c1-18(16(22)23,13-9-6-10-14(19)15(13)20)21(2)17(24)25-11-12-7-4-3-5-8-12/h3-10H,11H2,1-2H3,(H,22,23). The quantitative estimate of drug-likeness (QED) is 0.823. The highest BCUT2D eigenvalue weighted by molar-refractivity contribution is 6.42. The molecule has 7 heteroatoms. The number of carboxylic acids is 1. The summed E-state index contributed by atoms with van der Waals surface area (Å²) in [6.45, 7) is 1.40. The van der Waals surface area contributed by atoms with Crippen molar-refractivity contribution >= 4 is 35.3 Å². The van der Waals surface area contributed by atoms with E-state index in [4.69, 9.17) is 27.9 Å². The van der Waals surface area contributed by atoms with Crippen LogP contribution in [0.1, 0.15) is 18.1 Å². The molecule has 0 bridgehead atoms. The Balaban J connectivity index is 2.28. The number of aliphatic carboxylic acids is 1. The second kappa shape index (κ2) is 7.76. The SMILES string of the molecule is CN(C(=O)OCc1ccccc1)C(C)(C(=O)O)c1cccc(Cl)c1Cl. The molecule has 0 aromatic heterocycles. The van der Waals surface area contributed by atoms with Crippen LogP contribution in [-0.2, 0) is 21.7 Å². The molecule has 1 atom stereocenters. The van der Waals surface area contributed by atoms with Gasteiger partial charge in [-0.3, -0.25) is 4.90 Å². The number of likely N-dealkylation sites (N-methyl/N-ethyl adjacent to an activating group) is 1. The van der Waals surface area contributed by atoms with Crippen LogP contribution in [0.4, 0.5) is 4.79 Å². The van der Waals surface area contributed by atoms with Gasteiger partial charge in [0, 0.05) is 12.6 Å². The Morgan fingerprint density at radius 3 is 2.36 bits per heavy atom. The van der Waals surface area contributed by atoms with Gasteiger partial charge in [0.25, 0.3) is 0 Å². The number of rotatable bonds is 5. The first-order valence-electron chi connectivity index (χ1n) is 7.41. The molecule has 2 aromatic carbocycles. The number of hydrogen-bond donors (Lipinski definition) is 1. The maximum absolute atomic E-state index is 12.4. The minimum Gasteiger partial charge on any atom is -0.479 e. The number of carboxylic acid groups (broad SMARTS) is 1. The fourth-order valence-electron chi connectivity index (χ4n) is 2.32. The first-order chi connectivity index (χ1) is 11.8. The molecule has 0 spiro atoms. The van der Waals surface area contributed by atoms with Crippen molar-refractivity contribution in [1.82, 2.24) is 4.90 Å². The third-order valence-electron chi connectivity index (χ3n) is 4.04. The van der Waals surface area contributed by atoms with Gasteiger partial charge in [0.05, 0.1) is 10.0 Å². The molecule has 2 rings (SSSR count). The van der Waals surface area contributed by atoms with Gasteiger partial charge in [-0.15, -0.1) is 0 Å². The maximum atomic E-state index is 12.4. The molecular formula is C18H17Cl2NO4. The smallest absolute Gasteiger partial charge is 0.411 e. The number of halogens is 2. The molecule has 0 saturated carbocycles. The van der Waals surface area contributed by atoms with Crippen molar-refractivity contribution in [2.24, 2.45) is 0 Å². The van der Waals surface area contributed by atoms with Crippen molar-refractivity contribution in [2.75, 3.05) is 7.05 Å². The average molecular weight is 382 g/mol. The topological polar surface area (TPSA) is 66.8 Å². The summed E-state index contributed by atoms with van der Waals surface area (Å²) in [6, 6.07) is 13.7. The highest BCUT2D eigenvalue weighted by atomic mass is 35.5. The first kappa shape index (κ1) is 19.1. The summed E-state index contributed by atoms with van der Waals surface area (Å²) < 4.78 is 5.23. The van der Waals surface area contributed by atoms with Gasteiger partial charge in [0.1, 0.15) is 6.61 Å². The molecule has 1 N–H and O–H groups in total. The van der Waals surface area contributed by atoms with Crippen molar-refractivity contribution < 1.29 is 19.4 Å². The van der Waals surface area contributed by atoms with E-state index >= 15 is 0 Å². The van der Waals surface area contributed by atoms with Gasteiger partial charge in [-0.05, 0) is 18.6 Å².